The summed E-state index contributed by atoms with van der Waals surface area (Å²) < 4.78 is 4.78. The number of hydrogen-bond acceptors (Lipinski definition) is 5. The number of nitrogens with one attached hydrogen (secondary N) is 1. The van der Waals surface area contributed by atoms with Crippen molar-refractivity contribution in [1.29, 1.82) is 0 Å². The molecule has 0 aromatic heterocycles. The topological polar surface area (TPSA) is 58.6 Å². The Morgan fingerprint density at radius 3 is 2.65 bits per heavy atom. The minimum absolute atomic E-state index is 0.212. The molecular weight excluding hydrogens is 238 g/mol. The SMILES string of the molecule is CNC(C)(CCCCSC(C)CO)C(=O)OC. The molecule has 0 amide bonds. The maximum Gasteiger partial charge on any atom is 0.325 e. The number of aliphatic hydroxyl groups excluding tert-OH is 1. The number of hydrogen-bond donors (Lipinski definition) is 2. The Kier molecular flexibility index (Phi) is 8.64. The van der Waals surface area contributed by atoms with Gasteiger partial charge in [0.15, 0.2) is 0 Å². The Hall–Kier alpha value is -0.260. The second kappa shape index (κ2) is 8.78. The first-order valence-corrected chi connectivity index (χ1v) is 7.05. The summed E-state index contributed by atoms with van der Waals surface area (Å²) in [6, 6.07) is 0. The van der Waals surface area contributed by atoms with E-state index in [1.54, 1.807) is 18.8 Å². The fraction of sp³-hybridized carbons (Fsp3) is 0.917. The van der Waals surface area contributed by atoms with Gasteiger partial charge < -0.3 is 15.2 Å². The van der Waals surface area contributed by atoms with Crippen LogP contribution in [0.2, 0.25) is 0 Å². The number of aliphatic hydroxyl groups is 1. The molecule has 0 aromatic carbocycles. The molecule has 0 aromatic rings. The van der Waals surface area contributed by atoms with E-state index in [4.69, 9.17) is 9.84 Å². The van der Waals surface area contributed by atoms with Crippen molar-refractivity contribution >= 4 is 17.7 Å². The lowest BCUT2D eigenvalue weighted by Crippen LogP contribution is -2.48. The predicted molar refractivity (Wildman–Crippen MR) is 72.3 cm³/mol. The number of ether oxygens (including phenoxy) is 1. The lowest BCUT2D eigenvalue weighted by molar-refractivity contribution is -0.148. The van der Waals surface area contributed by atoms with Gasteiger partial charge in [0.1, 0.15) is 5.54 Å². The summed E-state index contributed by atoms with van der Waals surface area (Å²) in [4.78, 5) is 11.6. The Balaban J connectivity index is 3.81. The van der Waals surface area contributed by atoms with Crippen LogP contribution in [0.3, 0.4) is 0 Å². The lowest BCUT2D eigenvalue weighted by Gasteiger charge is -2.25. The smallest absolute Gasteiger partial charge is 0.325 e. The summed E-state index contributed by atoms with van der Waals surface area (Å²) in [5, 5.41) is 12.2. The number of likely N-dealkylation sites (N-methyl/N-ethyl adjacent to an activating group) is 1. The van der Waals surface area contributed by atoms with Crippen molar-refractivity contribution in [2.45, 2.75) is 43.9 Å². The van der Waals surface area contributed by atoms with Crippen molar-refractivity contribution < 1.29 is 14.6 Å². The van der Waals surface area contributed by atoms with Gasteiger partial charge in [-0.1, -0.05) is 13.3 Å². The normalized spacial score (nSPS) is 16.3. The highest BCUT2D eigenvalue weighted by atomic mass is 32.2. The number of carbonyl (C=O) groups is 1. The van der Waals surface area contributed by atoms with Crippen LogP contribution in [-0.4, -0.2) is 48.4 Å². The largest absolute Gasteiger partial charge is 0.468 e. The molecule has 0 spiro atoms. The third-order valence-corrected chi connectivity index (χ3v) is 4.16. The van der Waals surface area contributed by atoms with Crippen molar-refractivity contribution in [2.75, 3.05) is 26.5 Å². The van der Waals surface area contributed by atoms with Crippen molar-refractivity contribution in [1.82, 2.24) is 5.32 Å². The number of carbonyl (C=O) groups excluding carboxylic acids is 1. The summed E-state index contributed by atoms with van der Waals surface area (Å²) in [6.07, 6.45) is 2.78. The third-order valence-electron chi connectivity index (χ3n) is 2.92. The number of rotatable bonds is 9. The molecule has 2 N–H and O–H groups in total. The van der Waals surface area contributed by atoms with E-state index < -0.39 is 5.54 Å². The zero-order valence-corrected chi connectivity index (χ0v) is 12.1. The monoisotopic (exact) mass is 263 g/mol. The Labute approximate surface area is 108 Å². The number of methoxy groups -OCH3 is 1. The van der Waals surface area contributed by atoms with Crippen LogP contribution in [0.4, 0.5) is 0 Å². The number of unbranched alkanes of at least 4 members (excludes halogenated alkanes) is 1. The maximum atomic E-state index is 11.6. The molecule has 2 atom stereocenters. The number of thioether (sulfide) groups is 1. The fourth-order valence-electron chi connectivity index (χ4n) is 1.47. The molecule has 0 heterocycles. The second-order valence-electron chi connectivity index (χ2n) is 4.39. The third kappa shape index (κ3) is 6.29. The van der Waals surface area contributed by atoms with Gasteiger partial charge in [-0.3, -0.25) is 4.79 Å². The van der Waals surface area contributed by atoms with E-state index in [-0.39, 0.29) is 12.6 Å². The molecule has 17 heavy (non-hydrogen) atoms. The van der Waals surface area contributed by atoms with Gasteiger partial charge in [-0.2, -0.15) is 11.8 Å². The Morgan fingerprint density at radius 2 is 2.18 bits per heavy atom. The van der Waals surface area contributed by atoms with Crippen LogP contribution in [0.1, 0.15) is 33.1 Å². The average Bonchev–Trinajstić information content (AvgIpc) is 2.36. The van der Waals surface area contributed by atoms with Crippen molar-refractivity contribution in [3.05, 3.63) is 0 Å². The molecule has 0 fully saturated rings. The summed E-state index contributed by atoms with van der Waals surface area (Å²) in [6.45, 7) is 4.10. The summed E-state index contributed by atoms with van der Waals surface area (Å²) in [5.41, 5.74) is -0.581. The van der Waals surface area contributed by atoms with Crippen molar-refractivity contribution in [3.63, 3.8) is 0 Å². The molecule has 102 valence electrons. The van der Waals surface area contributed by atoms with E-state index in [1.807, 2.05) is 13.8 Å². The molecule has 0 radical (unpaired) electrons. The highest BCUT2D eigenvalue weighted by Crippen LogP contribution is 2.18. The van der Waals surface area contributed by atoms with Gasteiger partial charge in [-0.05, 0) is 32.6 Å². The minimum atomic E-state index is -0.581. The van der Waals surface area contributed by atoms with Gasteiger partial charge in [0.2, 0.25) is 0 Å². The van der Waals surface area contributed by atoms with E-state index in [1.165, 1.54) is 7.11 Å². The summed E-state index contributed by atoms with van der Waals surface area (Å²) in [7, 11) is 3.19. The van der Waals surface area contributed by atoms with Gasteiger partial charge >= 0.3 is 5.97 Å². The molecule has 4 nitrogen and oxygen atoms in total. The van der Waals surface area contributed by atoms with Crippen LogP contribution in [-0.2, 0) is 9.53 Å². The lowest BCUT2D eigenvalue weighted by atomic mass is 9.95. The Morgan fingerprint density at radius 1 is 1.53 bits per heavy atom. The second-order valence-corrected chi connectivity index (χ2v) is 5.94. The first-order chi connectivity index (χ1) is 8.00. The van der Waals surface area contributed by atoms with Crippen LogP contribution < -0.4 is 5.32 Å². The first-order valence-electron chi connectivity index (χ1n) is 6.00. The predicted octanol–water partition coefficient (Wildman–Crippen LogP) is 1.42. The fourth-order valence-corrected chi connectivity index (χ4v) is 2.35. The van der Waals surface area contributed by atoms with Gasteiger partial charge in [-0.25, -0.2) is 0 Å². The zero-order valence-electron chi connectivity index (χ0n) is 11.3. The molecule has 2 unspecified atom stereocenters. The highest BCUT2D eigenvalue weighted by molar-refractivity contribution is 7.99. The molecule has 0 rings (SSSR count). The van der Waals surface area contributed by atoms with E-state index >= 15 is 0 Å². The van der Waals surface area contributed by atoms with Crippen LogP contribution >= 0.6 is 11.8 Å². The highest BCUT2D eigenvalue weighted by Gasteiger charge is 2.31. The zero-order chi connectivity index (χ0) is 13.3. The molecule has 0 aliphatic heterocycles. The Bertz CT molecular complexity index is 226. The maximum absolute atomic E-state index is 11.6. The van der Waals surface area contributed by atoms with Crippen LogP contribution in [0.5, 0.6) is 0 Å². The van der Waals surface area contributed by atoms with Crippen LogP contribution in [0, 0.1) is 0 Å². The van der Waals surface area contributed by atoms with E-state index in [9.17, 15) is 4.79 Å². The van der Waals surface area contributed by atoms with Crippen LogP contribution in [0.15, 0.2) is 0 Å². The molecule has 0 bridgehead atoms. The standard InChI is InChI=1S/C12H25NO3S/c1-10(9-14)17-8-6-5-7-12(2,13-3)11(15)16-4/h10,13-14H,5-9H2,1-4H3. The van der Waals surface area contributed by atoms with E-state index in [2.05, 4.69) is 5.32 Å². The molecule has 0 saturated carbocycles. The summed E-state index contributed by atoms with van der Waals surface area (Å²) >= 11 is 1.76. The van der Waals surface area contributed by atoms with Gasteiger partial charge in [-0.15, -0.1) is 0 Å². The quantitative estimate of drug-likeness (QED) is 0.487. The van der Waals surface area contributed by atoms with E-state index in [0.29, 0.717) is 5.25 Å². The van der Waals surface area contributed by atoms with Gasteiger partial charge in [0.05, 0.1) is 13.7 Å². The molecule has 0 aliphatic carbocycles. The average molecular weight is 263 g/mol. The molecule has 0 aliphatic rings. The summed E-state index contributed by atoms with van der Waals surface area (Å²) in [5.74, 6) is 0.805. The molecule has 5 heteroatoms. The van der Waals surface area contributed by atoms with E-state index in [0.717, 1.165) is 25.0 Å². The number of esters is 1. The minimum Gasteiger partial charge on any atom is -0.468 e. The van der Waals surface area contributed by atoms with Crippen LogP contribution in [0.25, 0.3) is 0 Å². The van der Waals surface area contributed by atoms with Gasteiger partial charge in [0, 0.05) is 5.25 Å². The van der Waals surface area contributed by atoms with Gasteiger partial charge in [0.25, 0.3) is 0 Å². The first kappa shape index (κ1) is 16.7. The molecular formula is C12H25NO3S. The molecule has 0 saturated heterocycles. The van der Waals surface area contributed by atoms with Crippen molar-refractivity contribution in [3.8, 4) is 0 Å². The van der Waals surface area contributed by atoms with Crippen molar-refractivity contribution in [2.24, 2.45) is 0 Å².